The summed E-state index contributed by atoms with van der Waals surface area (Å²) in [7, 11) is 0. The maximum absolute atomic E-state index is 12.2. The number of hydrogen-bond acceptors (Lipinski definition) is 4. The van der Waals surface area contributed by atoms with Gasteiger partial charge in [0, 0.05) is 17.6 Å². The predicted octanol–water partition coefficient (Wildman–Crippen LogP) is -0.230. The van der Waals surface area contributed by atoms with E-state index in [-0.39, 0.29) is 29.3 Å². The van der Waals surface area contributed by atoms with Crippen LogP contribution in [0.25, 0.3) is 0 Å². The summed E-state index contributed by atoms with van der Waals surface area (Å²) < 4.78 is 0. The van der Waals surface area contributed by atoms with Gasteiger partial charge in [0.05, 0.1) is 6.54 Å². The zero-order chi connectivity index (χ0) is 12.7. The molecule has 0 aromatic carbocycles. The van der Waals surface area contributed by atoms with E-state index < -0.39 is 0 Å². The molecular formula is C11H13N3O3S. The summed E-state index contributed by atoms with van der Waals surface area (Å²) in [6, 6.07) is -0.281. The Labute approximate surface area is 107 Å². The van der Waals surface area contributed by atoms with Gasteiger partial charge in [-0.3, -0.25) is 14.4 Å². The van der Waals surface area contributed by atoms with Gasteiger partial charge in [-0.05, 0) is 12.8 Å². The Kier molecular flexibility index (Phi) is 2.70. The number of aromatic nitrogens is 1. The van der Waals surface area contributed by atoms with E-state index in [9.17, 15) is 14.4 Å². The molecule has 0 aliphatic carbocycles. The van der Waals surface area contributed by atoms with Gasteiger partial charge in [0.15, 0.2) is 0 Å². The van der Waals surface area contributed by atoms with Gasteiger partial charge in [-0.1, -0.05) is 11.3 Å². The first-order valence-corrected chi connectivity index (χ1v) is 6.78. The summed E-state index contributed by atoms with van der Waals surface area (Å²) >= 11 is 1.07. The summed E-state index contributed by atoms with van der Waals surface area (Å²) in [5.41, 5.74) is 0.692. The highest BCUT2D eigenvalue weighted by Gasteiger charge is 2.41. The Morgan fingerprint density at radius 1 is 1.39 bits per heavy atom. The number of thiazole rings is 1. The van der Waals surface area contributed by atoms with E-state index in [2.05, 4.69) is 4.98 Å². The second kappa shape index (κ2) is 4.24. The summed E-state index contributed by atoms with van der Waals surface area (Å²) in [5, 5.41) is 1.70. The van der Waals surface area contributed by atoms with Crippen molar-refractivity contribution in [1.29, 1.82) is 0 Å². The van der Waals surface area contributed by atoms with Gasteiger partial charge in [0.2, 0.25) is 11.8 Å². The maximum Gasteiger partial charge on any atom is 0.304 e. The monoisotopic (exact) mass is 267 g/mol. The van der Waals surface area contributed by atoms with Crippen molar-refractivity contribution in [2.75, 3.05) is 13.1 Å². The van der Waals surface area contributed by atoms with Crippen molar-refractivity contribution >= 4 is 23.2 Å². The predicted molar refractivity (Wildman–Crippen MR) is 65.1 cm³/mol. The molecule has 3 heterocycles. The lowest BCUT2D eigenvalue weighted by atomic mass is 10.1. The third-order valence-corrected chi connectivity index (χ3v) is 4.15. The molecule has 1 aromatic heterocycles. The van der Waals surface area contributed by atoms with Gasteiger partial charge >= 0.3 is 4.87 Å². The van der Waals surface area contributed by atoms with Gasteiger partial charge in [-0.2, -0.15) is 0 Å². The van der Waals surface area contributed by atoms with Crippen LogP contribution >= 0.6 is 11.3 Å². The molecular weight excluding hydrogens is 254 g/mol. The molecule has 1 unspecified atom stereocenters. The standard InChI is InChI=1S/C11H13N3O3S/c15-9-5-13(4-7-6-18-11(17)12-7)10(16)8-2-1-3-14(8)9/h6,8H,1-5H2,(H,12,17). The first-order chi connectivity index (χ1) is 8.65. The van der Waals surface area contributed by atoms with E-state index in [1.807, 2.05) is 0 Å². The maximum atomic E-state index is 12.2. The molecule has 3 rings (SSSR count). The molecule has 96 valence electrons. The van der Waals surface area contributed by atoms with Crippen LogP contribution in [0.3, 0.4) is 0 Å². The molecule has 2 aliphatic rings. The molecule has 0 saturated carbocycles. The highest BCUT2D eigenvalue weighted by atomic mass is 32.1. The highest BCUT2D eigenvalue weighted by molar-refractivity contribution is 7.07. The second-order valence-electron chi connectivity index (χ2n) is 4.61. The lowest BCUT2D eigenvalue weighted by molar-refractivity contribution is -0.154. The fourth-order valence-electron chi connectivity index (χ4n) is 2.60. The Hall–Kier alpha value is -1.63. The highest BCUT2D eigenvalue weighted by Crippen LogP contribution is 2.24. The van der Waals surface area contributed by atoms with Crippen LogP contribution in [0.1, 0.15) is 18.5 Å². The molecule has 1 aromatic rings. The van der Waals surface area contributed by atoms with E-state index >= 15 is 0 Å². The number of amides is 2. The summed E-state index contributed by atoms with van der Waals surface area (Å²) in [6.45, 7) is 1.12. The Morgan fingerprint density at radius 3 is 2.94 bits per heavy atom. The molecule has 18 heavy (non-hydrogen) atoms. The Morgan fingerprint density at radius 2 is 2.22 bits per heavy atom. The molecule has 1 atom stereocenters. The van der Waals surface area contributed by atoms with Crippen molar-refractivity contribution in [3.8, 4) is 0 Å². The molecule has 6 nitrogen and oxygen atoms in total. The minimum atomic E-state index is -0.281. The van der Waals surface area contributed by atoms with Crippen LogP contribution in [-0.2, 0) is 16.1 Å². The molecule has 1 N–H and O–H groups in total. The van der Waals surface area contributed by atoms with Crippen molar-refractivity contribution < 1.29 is 9.59 Å². The van der Waals surface area contributed by atoms with Gasteiger partial charge in [0.25, 0.3) is 0 Å². The normalized spacial score (nSPS) is 23.7. The zero-order valence-corrected chi connectivity index (χ0v) is 10.5. The minimum Gasteiger partial charge on any atom is -0.329 e. The molecule has 0 radical (unpaired) electrons. The van der Waals surface area contributed by atoms with E-state index in [0.717, 1.165) is 24.2 Å². The van der Waals surface area contributed by atoms with Crippen molar-refractivity contribution in [1.82, 2.24) is 14.8 Å². The molecule has 7 heteroatoms. The molecule has 2 saturated heterocycles. The van der Waals surface area contributed by atoms with Crippen LogP contribution in [-0.4, -0.2) is 45.7 Å². The topological polar surface area (TPSA) is 73.5 Å². The quantitative estimate of drug-likeness (QED) is 0.804. The number of H-pyrrole nitrogens is 1. The number of fused-ring (bicyclic) bond motifs is 1. The molecule has 2 amide bonds. The summed E-state index contributed by atoms with van der Waals surface area (Å²) in [5.74, 6) is 0.00817. The molecule has 0 spiro atoms. The Balaban J connectivity index is 1.78. The largest absolute Gasteiger partial charge is 0.329 e. The van der Waals surface area contributed by atoms with Gasteiger partial charge < -0.3 is 14.8 Å². The Bertz CT molecular complexity index is 550. The number of nitrogens with one attached hydrogen (secondary N) is 1. The average Bonchev–Trinajstić information content (AvgIpc) is 2.95. The van der Waals surface area contributed by atoms with Crippen LogP contribution in [0.2, 0.25) is 0 Å². The zero-order valence-electron chi connectivity index (χ0n) is 9.72. The average molecular weight is 267 g/mol. The summed E-state index contributed by atoms with van der Waals surface area (Å²) in [6.07, 6.45) is 1.65. The van der Waals surface area contributed by atoms with Crippen LogP contribution in [0, 0.1) is 0 Å². The fraction of sp³-hybridized carbons (Fsp3) is 0.545. The number of aromatic amines is 1. The lowest BCUT2D eigenvalue weighted by Gasteiger charge is -2.36. The number of piperazine rings is 1. The van der Waals surface area contributed by atoms with E-state index in [0.29, 0.717) is 18.8 Å². The summed E-state index contributed by atoms with van der Waals surface area (Å²) in [4.78, 5) is 40.9. The SMILES string of the molecule is O=C1C2CCCN2C(=O)CN1Cc1csc(=O)[nH]1. The first-order valence-electron chi connectivity index (χ1n) is 5.90. The number of rotatable bonds is 2. The van der Waals surface area contributed by atoms with E-state index in [1.165, 1.54) is 4.90 Å². The van der Waals surface area contributed by atoms with Gasteiger partial charge in [-0.25, -0.2) is 0 Å². The molecule has 2 fully saturated rings. The van der Waals surface area contributed by atoms with E-state index in [1.54, 1.807) is 10.3 Å². The van der Waals surface area contributed by atoms with Crippen LogP contribution < -0.4 is 4.87 Å². The van der Waals surface area contributed by atoms with E-state index in [4.69, 9.17) is 0 Å². The first kappa shape index (κ1) is 11.5. The smallest absolute Gasteiger partial charge is 0.304 e. The van der Waals surface area contributed by atoms with Crippen LogP contribution in [0.4, 0.5) is 0 Å². The third kappa shape index (κ3) is 1.84. The lowest BCUT2D eigenvalue weighted by Crippen LogP contribution is -2.56. The number of carbonyl (C=O) groups is 2. The number of hydrogen-bond donors (Lipinski definition) is 1. The van der Waals surface area contributed by atoms with Crippen molar-refractivity contribution in [3.05, 3.63) is 20.7 Å². The van der Waals surface area contributed by atoms with Crippen molar-refractivity contribution in [2.24, 2.45) is 0 Å². The van der Waals surface area contributed by atoms with Crippen LogP contribution in [0.15, 0.2) is 10.2 Å². The fourth-order valence-corrected chi connectivity index (χ4v) is 3.17. The van der Waals surface area contributed by atoms with Crippen molar-refractivity contribution in [3.63, 3.8) is 0 Å². The van der Waals surface area contributed by atoms with Crippen molar-refractivity contribution in [2.45, 2.75) is 25.4 Å². The molecule has 2 aliphatic heterocycles. The van der Waals surface area contributed by atoms with Gasteiger partial charge in [-0.15, -0.1) is 0 Å². The van der Waals surface area contributed by atoms with Gasteiger partial charge in [0.1, 0.15) is 12.6 Å². The number of nitrogens with zero attached hydrogens (tertiary/aromatic N) is 2. The van der Waals surface area contributed by atoms with Crippen LogP contribution in [0.5, 0.6) is 0 Å². The number of carbonyl (C=O) groups excluding carboxylic acids is 2. The third-order valence-electron chi connectivity index (χ3n) is 3.43. The second-order valence-corrected chi connectivity index (χ2v) is 5.46. The minimum absolute atomic E-state index is 0.000788. The molecule has 0 bridgehead atoms.